The van der Waals surface area contributed by atoms with Crippen LogP contribution in [0.3, 0.4) is 0 Å². The molecular formula is C20H21FN2O2. The zero-order valence-electron chi connectivity index (χ0n) is 14.1. The Bertz CT molecular complexity index is 774. The monoisotopic (exact) mass is 340 g/mol. The Morgan fingerprint density at radius 3 is 2.56 bits per heavy atom. The molecule has 2 aromatic carbocycles. The van der Waals surface area contributed by atoms with Crippen LogP contribution in [0.15, 0.2) is 48.5 Å². The largest absolute Gasteiger partial charge is 0.352 e. The molecular weight excluding hydrogens is 319 g/mol. The predicted octanol–water partition coefficient (Wildman–Crippen LogP) is 3.39. The van der Waals surface area contributed by atoms with Gasteiger partial charge in [0.05, 0.1) is 0 Å². The summed E-state index contributed by atoms with van der Waals surface area (Å²) in [5.74, 6) is 0.0812. The molecule has 0 aromatic heterocycles. The average Bonchev–Trinajstić information content (AvgIpc) is 3.34. The first kappa shape index (κ1) is 17.1. The molecule has 1 saturated carbocycles. The zero-order valence-corrected chi connectivity index (χ0v) is 14.1. The lowest BCUT2D eigenvalue weighted by Gasteiger charge is -2.08. The molecule has 130 valence electrons. The van der Waals surface area contributed by atoms with E-state index in [1.165, 1.54) is 12.1 Å². The van der Waals surface area contributed by atoms with E-state index >= 15 is 0 Å². The van der Waals surface area contributed by atoms with Crippen molar-refractivity contribution in [3.05, 3.63) is 65.5 Å². The third-order valence-corrected chi connectivity index (χ3v) is 4.45. The van der Waals surface area contributed by atoms with E-state index < -0.39 is 0 Å². The first-order chi connectivity index (χ1) is 12.0. The van der Waals surface area contributed by atoms with Crippen molar-refractivity contribution in [1.29, 1.82) is 0 Å². The van der Waals surface area contributed by atoms with Crippen LogP contribution in [0.5, 0.6) is 0 Å². The van der Waals surface area contributed by atoms with Gasteiger partial charge in [-0.1, -0.05) is 25.1 Å². The van der Waals surface area contributed by atoms with Crippen LogP contribution in [0.25, 0.3) is 0 Å². The Morgan fingerprint density at radius 2 is 1.88 bits per heavy atom. The number of rotatable bonds is 6. The molecule has 25 heavy (non-hydrogen) atoms. The van der Waals surface area contributed by atoms with E-state index in [0.29, 0.717) is 30.1 Å². The molecule has 0 aliphatic heterocycles. The number of carbonyl (C=O) groups excluding carboxylic acids is 2. The number of hydrogen-bond acceptors (Lipinski definition) is 2. The average molecular weight is 340 g/mol. The fraction of sp³-hybridized carbons (Fsp3) is 0.300. The van der Waals surface area contributed by atoms with Gasteiger partial charge in [-0.2, -0.15) is 0 Å². The van der Waals surface area contributed by atoms with E-state index in [4.69, 9.17) is 0 Å². The van der Waals surface area contributed by atoms with Crippen molar-refractivity contribution in [2.45, 2.75) is 19.8 Å². The molecule has 0 heterocycles. The van der Waals surface area contributed by atoms with Gasteiger partial charge in [0.25, 0.3) is 5.91 Å². The fourth-order valence-corrected chi connectivity index (χ4v) is 2.73. The Morgan fingerprint density at radius 1 is 1.16 bits per heavy atom. The van der Waals surface area contributed by atoms with Crippen molar-refractivity contribution in [2.75, 3.05) is 11.9 Å². The molecule has 2 unspecified atom stereocenters. The summed E-state index contributed by atoms with van der Waals surface area (Å²) in [5, 5.41) is 5.70. The molecule has 3 rings (SSSR count). The van der Waals surface area contributed by atoms with Gasteiger partial charge in [-0.25, -0.2) is 4.39 Å². The topological polar surface area (TPSA) is 58.2 Å². The minimum atomic E-state index is -0.271. The quantitative estimate of drug-likeness (QED) is 0.847. The highest BCUT2D eigenvalue weighted by molar-refractivity contribution is 5.98. The maximum Gasteiger partial charge on any atom is 0.251 e. The summed E-state index contributed by atoms with van der Waals surface area (Å²) in [5.41, 5.74) is 2.09. The van der Waals surface area contributed by atoms with E-state index in [-0.39, 0.29) is 23.5 Å². The highest BCUT2D eigenvalue weighted by atomic mass is 19.1. The molecule has 0 spiro atoms. The lowest BCUT2D eigenvalue weighted by molar-refractivity contribution is -0.117. The Kier molecular flexibility index (Phi) is 5.12. The highest BCUT2D eigenvalue weighted by Crippen LogP contribution is 2.38. The minimum Gasteiger partial charge on any atom is -0.352 e. The van der Waals surface area contributed by atoms with E-state index in [1.54, 1.807) is 36.4 Å². The molecule has 2 atom stereocenters. The summed E-state index contributed by atoms with van der Waals surface area (Å²) in [6.07, 6.45) is 1.55. The van der Waals surface area contributed by atoms with Crippen molar-refractivity contribution in [3.63, 3.8) is 0 Å². The number of carbonyl (C=O) groups is 2. The molecule has 2 amide bonds. The minimum absolute atomic E-state index is 0.0152. The van der Waals surface area contributed by atoms with Gasteiger partial charge in [0, 0.05) is 23.7 Å². The van der Waals surface area contributed by atoms with Crippen LogP contribution in [0.2, 0.25) is 0 Å². The molecule has 0 bridgehead atoms. The normalized spacial score (nSPS) is 18.5. The summed E-state index contributed by atoms with van der Waals surface area (Å²) in [6.45, 7) is 2.51. The van der Waals surface area contributed by atoms with Crippen LogP contribution in [-0.4, -0.2) is 18.4 Å². The zero-order chi connectivity index (χ0) is 17.8. The van der Waals surface area contributed by atoms with Crippen molar-refractivity contribution < 1.29 is 14.0 Å². The number of halogens is 1. The summed E-state index contributed by atoms with van der Waals surface area (Å²) in [6, 6.07) is 13.1. The maximum absolute atomic E-state index is 12.9. The number of hydrogen-bond donors (Lipinski definition) is 2. The predicted molar refractivity (Wildman–Crippen MR) is 94.8 cm³/mol. The van der Waals surface area contributed by atoms with E-state index in [0.717, 1.165) is 12.0 Å². The molecule has 0 radical (unpaired) electrons. The van der Waals surface area contributed by atoms with Crippen LogP contribution >= 0.6 is 0 Å². The van der Waals surface area contributed by atoms with Gasteiger partial charge >= 0.3 is 0 Å². The van der Waals surface area contributed by atoms with Crippen molar-refractivity contribution in [2.24, 2.45) is 11.8 Å². The third-order valence-electron chi connectivity index (χ3n) is 4.45. The lowest BCUT2D eigenvalue weighted by atomic mass is 10.1. The summed E-state index contributed by atoms with van der Waals surface area (Å²) >= 11 is 0. The standard InChI is InChI=1S/C20H21FN2O2/c1-13-11-18(13)20(25)23-17-4-2-3-15(12-17)19(24)22-10-9-14-5-7-16(21)8-6-14/h2-8,12-13,18H,9-11H2,1H3,(H,22,24)(H,23,25). The van der Waals surface area contributed by atoms with Gasteiger partial charge in [-0.3, -0.25) is 9.59 Å². The van der Waals surface area contributed by atoms with Crippen molar-refractivity contribution >= 4 is 17.5 Å². The Balaban J connectivity index is 1.52. The van der Waals surface area contributed by atoms with Gasteiger partial charge in [0.2, 0.25) is 5.91 Å². The van der Waals surface area contributed by atoms with Crippen LogP contribution < -0.4 is 10.6 Å². The molecule has 1 fully saturated rings. The van der Waals surface area contributed by atoms with Crippen LogP contribution in [0.4, 0.5) is 10.1 Å². The van der Waals surface area contributed by atoms with Gasteiger partial charge in [-0.15, -0.1) is 0 Å². The molecule has 4 nitrogen and oxygen atoms in total. The third kappa shape index (κ3) is 4.66. The SMILES string of the molecule is CC1CC1C(=O)Nc1cccc(C(=O)NCCc2ccc(F)cc2)c1. The molecule has 2 N–H and O–H groups in total. The number of benzene rings is 2. The first-order valence-electron chi connectivity index (χ1n) is 8.46. The van der Waals surface area contributed by atoms with E-state index in [9.17, 15) is 14.0 Å². The number of nitrogens with one attached hydrogen (secondary N) is 2. The second-order valence-electron chi connectivity index (χ2n) is 6.52. The van der Waals surface area contributed by atoms with E-state index in [1.807, 2.05) is 0 Å². The first-order valence-corrected chi connectivity index (χ1v) is 8.46. The van der Waals surface area contributed by atoms with Crippen LogP contribution in [0.1, 0.15) is 29.3 Å². The summed E-state index contributed by atoms with van der Waals surface area (Å²) < 4.78 is 12.9. The lowest BCUT2D eigenvalue weighted by Crippen LogP contribution is -2.25. The van der Waals surface area contributed by atoms with Gasteiger partial charge in [0.1, 0.15) is 5.82 Å². The maximum atomic E-state index is 12.9. The molecule has 1 aliphatic rings. The van der Waals surface area contributed by atoms with Crippen LogP contribution in [-0.2, 0) is 11.2 Å². The Labute approximate surface area is 146 Å². The van der Waals surface area contributed by atoms with Crippen LogP contribution in [0, 0.1) is 17.7 Å². The van der Waals surface area contributed by atoms with Crippen molar-refractivity contribution in [1.82, 2.24) is 5.32 Å². The van der Waals surface area contributed by atoms with Gasteiger partial charge in [0.15, 0.2) is 0 Å². The molecule has 0 saturated heterocycles. The summed E-state index contributed by atoms with van der Waals surface area (Å²) in [7, 11) is 0. The summed E-state index contributed by atoms with van der Waals surface area (Å²) in [4.78, 5) is 24.2. The molecule has 5 heteroatoms. The fourth-order valence-electron chi connectivity index (χ4n) is 2.73. The second kappa shape index (κ2) is 7.47. The number of anilines is 1. The van der Waals surface area contributed by atoms with E-state index in [2.05, 4.69) is 17.6 Å². The second-order valence-corrected chi connectivity index (χ2v) is 6.52. The van der Waals surface area contributed by atoms with Gasteiger partial charge in [-0.05, 0) is 54.7 Å². The highest BCUT2D eigenvalue weighted by Gasteiger charge is 2.39. The van der Waals surface area contributed by atoms with Gasteiger partial charge < -0.3 is 10.6 Å². The van der Waals surface area contributed by atoms with Crippen molar-refractivity contribution in [3.8, 4) is 0 Å². The smallest absolute Gasteiger partial charge is 0.251 e. The molecule has 1 aliphatic carbocycles. The molecule has 2 aromatic rings. The Hall–Kier alpha value is -2.69. The number of amides is 2.